The highest BCUT2D eigenvalue weighted by molar-refractivity contribution is 5.45. The van der Waals surface area contributed by atoms with Gasteiger partial charge in [0.05, 0.1) is 7.11 Å². The quantitative estimate of drug-likeness (QED) is 0.864. The summed E-state index contributed by atoms with van der Waals surface area (Å²) >= 11 is 0. The van der Waals surface area contributed by atoms with Crippen LogP contribution in [-0.2, 0) is 6.54 Å². The van der Waals surface area contributed by atoms with E-state index >= 15 is 0 Å². The summed E-state index contributed by atoms with van der Waals surface area (Å²) in [6.07, 6.45) is 0. The summed E-state index contributed by atoms with van der Waals surface area (Å²) in [6, 6.07) is 14.0. The van der Waals surface area contributed by atoms with E-state index in [-0.39, 0.29) is 0 Å². The van der Waals surface area contributed by atoms with Gasteiger partial charge in [0.2, 0.25) is 0 Å². The van der Waals surface area contributed by atoms with Crippen LogP contribution in [0.1, 0.15) is 18.1 Å². The van der Waals surface area contributed by atoms with E-state index < -0.39 is 0 Å². The molecule has 0 spiro atoms. The van der Waals surface area contributed by atoms with E-state index in [2.05, 4.69) is 30.4 Å². The molecule has 0 radical (unpaired) electrons. The third-order valence-corrected chi connectivity index (χ3v) is 3.12. The van der Waals surface area contributed by atoms with Crippen LogP contribution < -0.4 is 14.8 Å². The number of nitrogens with one attached hydrogen (secondary N) is 1. The Morgan fingerprint density at radius 1 is 1.00 bits per heavy atom. The molecule has 3 heteroatoms. The van der Waals surface area contributed by atoms with E-state index in [1.807, 2.05) is 31.2 Å². The van der Waals surface area contributed by atoms with Crippen molar-refractivity contribution < 1.29 is 9.47 Å². The minimum Gasteiger partial charge on any atom is -0.493 e. The maximum absolute atomic E-state index is 6.00. The Morgan fingerprint density at radius 3 is 2.45 bits per heavy atom. The lowest BCUT2D eigenvalue weighted by atomic mass is 10.1. The van der Waals surface area contributed by atoms with E-state index in [4.69, 9.17) is 9.47 Å². The van der Waals surface area contributed by atoms with Gasteiger partial charge in [-0.05, 0) is 42.8 Å². The van der Waals surface area contributed by atoms with Gasteiger partial charge in [-0.15, -0.1) is 0 Å². The molecule has 2 aromatic rings. The van der Waals surface area contributed by atoms with E-state index in [1.165, 1.54) is 5.56 Å². The molecule has 0 heterocycles. The average molecular weight is 271 g/mol. The topological polar surface area (TPSA) is 30.5 Å². The largest absolute Gasteiger partial charge is 0.493 e. The second-order valence-corrected chi connectivity index (χ2v) is 4.63. The van der Waals surface area contributed by atoms with Gasteiger partial charge in [0, 0.05) is 6.54 Å². The Morgan fingerprint density at radius 2 is 1.75 bits per heavy atom. The number of benzene rings is 2. The van der Waals surface area contributed by atoms with Crippen molar-refractivity contribution in [3.8, 4) is 17.2 Å². The van der Waals surface area contributed by atoms with Gasteiger partial charge in [0.15, 0.2) is 11.5 Å². The predicted octanol–water partition coefficient (Wildman–Crippen LogP) is 3.91. The maximum atomic E-state index is 6.00. The summed E-state index contributed by atoms with van der Waals surface area (Å²) in [4.78, 5) is 0. The van der Waals surface area contributed by atoms with Crippen LogP contribution >= 0.6 is 0 Å². The lowest BCUT2D eigenvalue weighted by molar-refractivity contribution is 0.378. The fourth-order valence-electron chi connectivity index (χ4n) is 1.96. The first kappa shape index (κ1) is 14.4. The first-order valence-corrected chi connectivity index (χ1v) is 6.85. The minimum absolute atomic E-state index is 0.735. The maximum Gasteiger partial charge on any atom is 0.169 e. The Kier molecular flexibility index (Phi) is 5.02. The highest BCUT2D eigenvalue weighted by Gasteiger charge is 2.07. The van der Waals surface area contributed by atoms with Crippen LogP contribution in [0, 0.1) is 6.92 Å². The number of hydrogen-bond donors (Lipinski definition) is 1. The van der Waals surface area contributed by atoms with Gasteiger partial charge in [0.25, 0.3) is 0 Å². The van der Waals surface area contributed by atoms with Gasteiger partial charge in [-0.1, -0.05) is 31.2 Å². The van der Waals surface area contributed by atoms with Crippen molar-refractivity contribution in [1.29, 1.82) is 0 Å². The fraction of sp³-hybridized carbons (Fsp3) is 0.294. The zero-order chi connectivity index (χ0) is 14.4. The number of methoxy groups -OCH3 is 1. The van der Waals surface area contributed by atoms with Gasteiger partial charge in [-0.25, -0.2) is 0 Å². The van der Waals surface area contributed by atoms with E-state index in [1.54, 1.807) is 7.11 Å². The van der Waals surface area contributed by atoms with E-state index in [0.29, 0.717) is 0 Å². The predicted molar refractivity (Wildman–Crippen MR) is 81.6 cm³/mol. The molecule has 0 aliphatic rings. The van der Waals surface area contributed by atoms with Crippen molar-refractivity contribution in [3.63, 3.8) is 0 Å². The Hall–Kier alpha value is -2.00. The Labute approximate surface area is 120 Å². The van der Waals surface area contributed by atoms with Crippen molar-refractivity contribution >= 4 is 0 Å². The van der Waals surface area contributed by atoms with Crippen molar-refractivity contribution in [3.05, 3.63) is 53.6 Å². The summed E-state index contributed by atoms with van der Waals surface area (Å²) in [5, 5.41) is 3.32. The van der Waals surface area contributed by atoms with E-state index in [0.717, 1.165) is 35.9 Å². The van der Waals surface area contributed by atoms with Gasteiger partial charge < -0.3 is 14.8 Å². The van der Waals surface area contributed by atoms with Crippen molar-refractivity contribution in [2.75, 3.05) is 13.7 Å². The molecule has 2 rings (SSSR count). The van der Waals surface area contributed by atoms with Gasteiger partial charge in [-0.3, -0.25) is 0 Å². The van der Waals surface area contributed by atoms with Crippen LogP contribution in [0.4, 0.5) is 0 Å². The molecule has 1 N–H and O–H groups in total. The summed E-state index contributed by atoms with van der Waals surface area (Å²) in [5.41, 5.74) is 2.32. The summed E-state index contributed by atoms with van der Waals surface area (Å²) < 4.78 is 11.3. The molecular weight excluding hydrogens is 250 g/mol. The molecular formula is C17H21NO2. The van der Waals surface area contributed by atoms with Crippen molar-refractivity contribution in [2.24, 2.45) is 0 Å². The smallest absolute Gasteiger partial charge is 0.169 e. The highest BCUT2D eigenvalue weighted by atomic mass is 16.5. The van der Waals surface area contributed by atoms with Crippen LogP contribution in [0.3, 0.4) is 0 Å². The zero-order valence-corrected chi connectivity index (χ0v) is 12.3. The fourth-order valence-corrected chi connectivity index (χ4v) is 1.96. The first-order chi connectivity index (χ1) is 9.74. The van der Waals surface area contributed by atoms with Gasteiger partial charge in [-0.2, -0.15) is 0 Å². The molecule has 0 saturated heterocycles. The van der Waals surface area contributed by atoms with Crippen LogP contribution in [0.25, 0.3) is 0 Å². The lowest BCUT2D eigenvalue weighted by Crippen LogP contribution is -2.11. The highest BCUT2D eigenvalue weighted by Crippen LogP contribution is 2.32. The molecule has 0 fully saturated rings. The molecule has 0 atom stereocenters. The number of para-hydroxylation sites is 2. The van der Waals surface area contributed by atoms with Crippen molar-refractivity contribution in [1.82, 2.24) is 5.32 Å². The van der Waals surface area contributed by atoms with Crippen LogP contribution in [0.15, 0.2) is 42.5 Å². The molecule has 0 aliphatic carbocycles. The minimum atomic E-state index is 0.735. The molecule has 3 nitrogen and oxygen atoms in total. The second kappa shape index (κ2) is 6.96. The number of aryl methyl sites for hydroxylation is 1. The Balaban J connectivity index is 2.23. The normalized spacial score (nSPS) is 10.3. The monoisotopic (exact) mass is 271 g/mol. The number of hydrogen-bond acceptors (Lipinski definition) is 3. The molecule has 0 bridgehead atoms. The van der Waals surface area contributed by atoms with Crippen LogP contribution in [0.5, 0.6) is 17.2 Å². The lowest BCUT2D eigenvalue weighted by Gasteiger charge is -2.13. The molecule has 0 saturated carbocycles. The summed E-state index contributed by atoms with van der Waals surface area (Å²) in [6.45, 7) is 5.94. The summed E-state index contributed by atoms with van der Waals surface area (Å²) in [7, 11) is 1.65. The number of rotatable bonds is 6. The van der Waals surface area contributed by atoms with Crippen LogP contribution in [-0.4, -0.2) is 13.7 Å². The summed E-state index contributed by atoms with van der Waals surface area (Å²) in [5.74, 6) is 2.34. The molecule has 2 aromatic carbocycles. The molecule has 0 aliphatic heterocycles. The SMILES string of the molecule is CCNCc1ccc(C)c(Oc2ccccc2OC)c1. The molecule has 0 aromatic heterocycles. The zero-order valence-electron chi connectivity index (χ0n) is 12.3. The van der Waals surface area contributed by atoms with Gasteiger partial charge in [0.1, 0.15) is 5.75 Å². The standard InChI is InChI=1S/C17H21NO2/c1-4-18-12-14-10-9-13(2)17(11-14)20-16-8-6-5-7-15(16)19-3/h5-11,18H,4,12H2,1-3H3. The van der Waals surface area contributed by atoms with Gasteiger partial charge >= 0.3 is 0 Å². The third kappa shape index (κ3) is 3.52. The second-order valence-electron chi connectivity index (χ2n) is 4.63. The third-order valence-electron chi connectivity index (χ3n) is 3.12. The molecule has 0 unspecified atom stereocenters. The number of ether oxygens (including phenoxy) is 2. The molecule has 0 amide bonds. The Bertz CT molecular complexity index is 567. The van der Waals surface area contributed by atoms with E-state index in [9.17, 15) is 0 Å². The van der Waals surface area contributed by atoms with Crippen LogP contribution in [0.2, 0.25) is 0 Å². The first-order valence-electron chi connectivity index (χ1n) is 6.85. The average Bonchev–Trinajstić information content (AvgIpc) is 2.48. The molecule has 106 valence electrons. The molecule has 20 heavy (non-hydrogen) atoms. The van der Waals surface area contributed by atoms with Crippen molar-refractivity contribution in [2.45, 2.75) is 20.4 Å².